The number of para-hydroxylation sites is 1. The highest BCUT2D eigenvalue weighted by Crippen LogP contribution is 2.39. The molecule has 1 aliphatic rings. The minimum absolute atomic E-state index is 0.0718. The first-order chi connectivity index (χ1) is 17.8. The highest BCUT2D eigenvalue weighted by Gasteiger charge is 2.36. The zero-order chi connectivity index (χ0) is 26.1. The SMILES string of the molecule is Cc1ccc(C(C)C)cc1-c1nn(-c2ccccc2)cc1/C=C1\SC(=S)N(C(C)c2ccccc2)C1=O. The van der Waals surface area contributed by atoms with Crippen molar-refractivity contribution in [2.45, 2.75) is 39.7 Å². The molecular formula is C31H29N3OS2. The second-order valence-corrected chi connectivity index (χ2v) is 11.3. The van der Waals surface area contributed by atoms with Crippen molar-refractivity contribution in [3.8, 4) is 16.9 Å². The Labute approximate surface area is 228 Å². The molecule has 4 nitrogen and oxygen atoms in total. The average molecular weight is 524 g/mol. The van der Waals surface area contributed by atoms with E-state index in [1.165, 1.54) is 17.3 Å². The van der Waals surface area contributed by atoms with Crippen molar-refractivity contribution in [1.29, 1.82) is 0 Å². The Morgan fingerprint density at radius 1 is 0.919 bits per heavy atom. The molecule has 37 heavy (non-hydrogen) atoms. The third-order valence-electron chi connectivity index (χ3n) is 6.73. The van der Waals surface area contributed by atoms with E-state index in [1.54, 1.807) is 4.90 Å². The minimum atomic E-state index is -0.143. The number of thioether (sulfide) groups is 1. The van der Waals surface area contributed by atoms with Gasteiger partial charge in [0.05, 0.1) is 16.6 Å². The molecule has 6 heteroatoms. The fourth-order valence-electron chi connectivity index (χ4n) is 4.50. The van der Waals surface area contributed by atoms with Gasteiger partial charge in [-0.2, -0.15) is 5.10 Å². The number of hydrogen-bond donors (Lipinski definition) is 0. The smallest absolute Gasteiger partial charge is 0.266 e. The predicted molar refractivity (Wildman–Crippen MR) is 158 cm³/mol. The molecule has 186 valence electrons. The molecule has 1 amide bonds. The largest absolute Gasteiger partial charge is 0.286 e. The Kier molecular flexibility index (Phi) is 7.13. The fraction of sp³-hybridized carbons (Fsp3) is 0.194. The molecule has 2 heterocycles. The first-order valence-corrected chi connectivity index (χ1v) is 13.6. The standard InChI is InChI=1S/C31H29N3OS2/c1-20(2)24-16-15-21(3)27(17-24)29-25(19-33(32-29)26-13-9-6-10-14-26)18-28-30(35)34(31(36)37-28)22(4)23-11-7-5-8-12-23/h5-20,22H,1-4H3/b28-18-. The zero-order valence-electron chi connectivity index (χ0n) is 21.4. The molecule has 5 rings (SSSR count). The highest BCUT2D eigenvalue weighted by molar-refractivity contribution is 8.26. The second-order valence-electron chi connectivity index (χ2n) is 9.58. The molecule has 1 atom stereocenters. The molecule has 1 aliphatic heterocycles. The number of carbonyl (C=O) groups excluding carboxylic acids is 1. The molecule has 1 saturated heterocycles. The third kappa shape index (κ3) is 5.04. The number of aryl methyl sites for hydroxylation is 1. The predicted octanol–water partition coefficient (Wildman–Crippen LogP) is 7.93. The van der Waals surface area contributed by atoms with Crippen LogP contribution in [0.1, 0.15) is 55.0 Å². The summed E-state index contributed by atoms with van der Waals surface area (Å²) in [6.45, 7) is 8.50. The lowest BCUT2D eigenvalue weighted by molar-refractivity contribution is -0.123. The van der Waals surface area contributed by atoms with Crippen LogP contribution in [0.15, 0.2) is 90.0 Å². The van der Waals surface area contributed by atoms with Crippen molar-refractivity contribution in [3.05, 3.63) is 112 Å². The van der Waals surface area contributed by atoms with Crippen LogP contribution in [0.3, 0.4) is 0 Å². The maximum Gasteiger partial charge on any atom is 0.266 e. The van der Waals surface area contributed by atoms with Crippen LogP contribution in [0.4, 0.5) is 0 Å². The van der Waals surface area contributed by atoms with Gasteiger partial charge in [-0.15, -0.1) is 0 Å². The van der Waals surface area contributed by atoms with Gasteiger partial charge in [0.2, 0.25) is 0 Å². The number of carbonyl (C=O) groups is 1. The van der Waals surface area contributed by atoms with Gasteiger partial charge in [0.1, 0.15) is 10.0 Å². The molecule has 1 unspecified atom stereocenters. The van der Waals surface area contributed by atoms with E-state index < -0.39 is 0 Å². The molecule has 0 spiro atoms. The van der Waals surface area contributed by atoms with E-state index in [1.807, 2.05) is 84.5 Å². The number of benzene rings is 3. The Hall–Kier alpha value is -3.48. The lowest BCUT2D eigenvalue weighted by atomic mass is 9.95. The number of nitrogens with zero attached hydrogens (tertiary/aromatic N) is 3. The van der Waals surface area contributed by atoms with Gasteiger partial charge in [0.25, 0.3) is 5.91 Å². The maximum atomic E-state index is 13.6. The van der Waals surface area contributed by atoms with Crippen LogP contribution in [-0.2, 0) is 4.79 Å². The van der Waals surface area contributed by atoms with E-state index in [4.69, 9.17) is 17.3 Å². The van der Waals surface area contributed by atoms with Crippen LogP contribution in [0.2, 0.25) is 0 Å². The molecule has 4 aromatic rings. The first-order valence-electron chi connectivity index (χ1n) is 12.4. The summed E-state index contributed by atoms with van der Waals surface area (Å²) in [6.07, 6.45) is 3.94. The van der Waals surface area contributed by atoms with E-state index in [-0.39, 0.29) is 11.9 Å². The lowest BCUT2D eigenvalue weighted by Crippen LogP contribution is -2.30. The van der Waals surface area contributed by atoms with Crippen LogP contribution < -0.4 is 0 Å². The Morgan fingerprint density at radius 3 is 2.27 bits per heavy atom. The van der Waals surface area contributed by atoms with E-state index in [0.717, 1.165) is 33.6 Å². The van der Waals surface area contributed by atoms with E-state index in [9.17, 15) is 4.79 Å². The summed E-state index contributed by atoms with van der Waals surface area (Å²) in [4.78, 5) is 15.9. The van der Waals surface area contributed by atoms with Gasteiger partial charge in [-0.25, -0.2) is 4.68 Å². The van der Waals surface area contributed by atoms with E-state index in [0.29, 0.717) is 15.1 Å². The third-order valence-corrected chi connectivity index (χ3v) is 8.06. The summed E-state index contributed by atoms with van der Waals surface area (Å²) in [5, 5.41) is 5.00. The van der Waals surface area contributed by atoms with Crippen LogP contribution in [-0.4, -0.2) is 24.9 Å². The van der Waals surface area contributed by atoms with Gasteiger partial charge in [-0.1, -0.05) is 98.5 Å². The lowest BCUT2D eigenvalue weighted by Gasteiger charge is -2.23. The monoisotopic (exact) mass is 523 g/mol. The van der Waals surface area contributed by atoms with Gasteiger partial charge >= 0.3 is 0 Å². The molecule has 0 bridgehead atoms. The molecule has 0 radical (unpaired) electrons. The molecule has 0 aliphatic carbocycles. The summed E-state index contributed by atoms with van der Waals surface area (Å²) in [7, 11) is 0. The van der Waals surface area contributed by atoms with Crippen molar-refractivity contribution < 1.29 is 4.79 Å². The van der Waals surface area contributed by atoms with Gasteiger partial charge < -0.3 is 0 Å². The van der Waals surface area contributed by atoms with Crippen molar-refractivity contribution in [1.82, 2.24) is 14.7 Å². The fourth-order valence-corrected chi connectivity index (χ4v) is 5.91. The molecule has 1 fully saturated rings. The van der Waals surface area contributed by atoms with E-state index in [2.05, 4.69) is 39.0 Å². The summed E-state index contributed by atoms with van der Waals surface area (Å²) < 4.78 is 2.46. The number of amides is 1. The van der Waals surface area contributed by atoms with Crippen molar-refractivity contribution in [2.75, 3.05) is 0 Å². The maximum absolute atomic E-state index is 13.6. The summed E-state index contributed by atoms with van der Waals surface area (Å²) >= 11 is 7.02. The molecular weight excluding hydrogens is 494 g/mol. The number of thiocarbonyl (C=S) groups is 1. The molecule has 1 aromatic heterocycles. The Balaban J connectivity index is 1.59. The van der Waals surface area contributed by atoms with Crippen LogP contribution in [0.5, 0.6) is 0 Å². The van der Waals surface area contributed by atoms with Crippen LogP contribution in [0.25, 0.3) is 23.0 Å². The van der Waals surface area contributed by atoms with Crippen molar-refractivity contribution in [3.63, 3.8) is 0 Å². The Bertz CT molecular complexity index is 1490. The minimum Gasteiger partial charge on any atom is -0.286 e. The quantitative estimate of drug-likeness (QED) is 0.190. The summed E-state index contributed by atoms with van der Waals surface area (Å²) in [5.41, 5.74) is 7.22. The van der Waals surface area contributed by atoms with Gasteiger partial charge in [0, 0.05) is 17.3 Å². The molecule has 3 aromatic carbocycles. The molecule has 0 saturated carbocycles. The number of rotatable bonds is 6. The van der Waals surface area contributed by atoms with Crippen molar-refractivity contribution in [2.24, 2.45) is 0 Å². The van der Waals surface area contributed by atoms with Crippen LogP contribution in [0, 0.1) is 6.92 Å². The van der Waals surface area contributed by atoms with Crippen molar-refractivity contribution >= 4 is 40.3 Å². The highest BCUT2D eigenvalue weighted by atomic mass is 32.2. The van der Waals surface area contributed by atoms with Gasteiger partial charge in [-0.3, -0.25) is 9.69 Å². The Morgan fingerprint density at radius 2 is 1.59 bits per heavy atom. The summed E-state index contributed by atoms with van der Waals surface area (Å²) in [6, 6.07) is 26.4. The topological polar surface area (TPSA) is 38.1 Å². The number of aromatic nitrogens is 2. The summed E-state index contributed by atoms with van der Waals surface area (Å²) in [5.74, 6) is 0.326. The van der Waals surface area contributed by atoms with Gasteiger partial charge in [-0.05, 0) is 60.7 Å². The first kappa shape index (κ1) is 25.2. The van der Waals surface area contributed by atoms with Crippen LogP contribution >= 0.6 is 24.0 Å². The number of hydrogen-bond acceptors (Lipinski definition) is 4. The zero-order valence-corrected chi connectivity index (χ0v) is 23.0. The van der Waals surface area contributed by atoms with E-state index >= 15 is 0 Å². The second kappa shape index (κ2) is 10.5. The normalized spacial score (nSPS) is 15.7. The molecule has 0 N–H and O–H groups in total. The van der Waals surface area contributed by atoms with Gasteiger partial charge in [0.15, 0.2) is 0 Å². The average Bonchev–Trinajstić information content (AvgIpc) is 3.45.